The zero-order chi connectivity index (χ0) is 35.5. The second kappa shape index (κ2) is 14.7. The maximum absolute atomic E-state index is 14.3. The van der Waals surface area contributed by atoms with Gasteiger partial charge in [-0.15, -0.1) is 0 Å². The number of halogens is 2. The second-order valence-electron chi connectivity index (χ2n) is 13.9. The molecule has 1 aliphatic carbocycles. The number of hydrogen-bond acceptors (Lipinski definition) is 7. The molecule has 2 aromatic rings. The lowest BCUT2D eigenvalue weighted by atomic mass is 9.94. The van der Waals surface area contributed by atoms with Gasteiger partial charge in [-0.2, -0.15) is 0 Å². The predicted octanol–water partition coefficient (Wildman–Crippen LogP) is 3.27. The lowest BCUT2D eigenvalue weighted by Crippen LogP contribution is -2.56. The Kier molecular flexibility index (Phi) is 11.1. The second-order valence-corrected chi connectivity index (χ2v) is 13.9. The first-order valence-corrected chi connectivity index (χ1v) is 16.0. The molecule has 2 heterocycles. The molecule has 262 valence electrons. The molecule has 2 aliphatic rings. The van der Waals surface area contributed by atoms with Crippen molar-refractivity contribution in [3.8, 4) is 0 Å². The fraction of sp³-hybridized carbons (Fsp3) is 0.576. The van der Waals surface area contributed by atoms with Gasteiger partial charge >= 0.3 is 12.1 Å². The van der Waals surface area contributed by atoms with Crippen molar-refractivity contribution in [1.29, 1.82) is 0 Å². The number of amides is 4. The van der Waals surface area contributed by atoms with E-state index in [1.54, 1.807) is 34.6 Å². The van der Waals surface area contributed by atoms with Crippen molar-refractivity contribution in [2.75, 3.05) is 13.1 Å². The Labute approximate surface area is 276 Å². The molecule has 1 saturated heterocycles. The van der Waals surface area contributed by atoms with Gasteiger partial charge in [-0.05, 0) is 64.0 Å². The average molecular weight is 676 g/mol. The standard InChI is InChI=1S/C33H43F2N5O8/c1-16(2)27(31(45)46)40(32(47)48-33(3,4)5)15-25(41)22(12-18-8-9-36-28(18)42)38-29(43)23(10-17-6-7-17)39-30(44)24-13-19-11-20(34)14-21(35)26(19)37-24/h11,13-14,16-18,22-23,27,37H,6-10,12,15H2,1-5H3,(H,36,42)(H,38,43)(H,39,44)(H,45,46)/t18-,22-,23-,27-/m0/s1. The molecule has 0 unspecified atom stereocenters. The molecular weight excluding hydrogens is 632 g/mol. The number of aliphatic carboxylic acids is 1. The van der Waals surface area contributed by atoms with Crippen LogP contribution in [-0.2, 0) is 23.9 Å². The van der Waals surface area contributed by atoms with E-state index in [0.717, 1.165) is 23.8 Å². The fourth-order valence-corrected chi connectivity index (χ4v) is 5.79. The summed E-state index contributed by atoms with van der Waals surface area (Å²) in [5.41, 5.74) is -1.20. The minimum absolute atomic E-state index is 0.0825. The number of carboxylic acid groups (broad SMARTS) is 1. The first-order chi connectivity index (χ1) is 22.4. The summed E-state index contributed by atoms with van der Waals surface area (Å²) >= 11 is 0. The highest BCUT2D eigenvalue weighted by atomic mass is 19.1. The van der Waals surface area contributed by atoms with Gasteiger partial charge in [-0.1, -0.05) is 26.7 Å². The van der Waals surface area contributed by atoms with Crippen LogP contribution in [0.4, 0.5) is 13.6 Å². The number of aromatic amines is 1. The summed E-state index contributed by atoms with van der Waals surface area (Å²) in [4.78, 5) is 82.3. The van der Waals surface area contributed by atoms with E-state index in [4.69, 9.17) is 4.74 Å². The number of benzene rings is 1. The Balaban J connectivity index is 1.59. The largest absolute Gasteiger partial charge is 0.480 e. The van der Waals surface area contributed by atoms with Gasteiger partial charge in [0.15, 0.2) is 5.78 Å². The Morgan fingerprint density at radius 2 is 1.71 bits per heavy atom. The van der Waals surface area contributed by atoms with Crippen LogP contribution in [0.2, 0.25) is 0 Å². The number of rotatable bonds is 14. The fourth-order valence-electron chi connectivity index (χ4n) is 5.79. The summed E-state index contributed by atoms with van der Waals surface area (Å²) in [6.45, 7) is 7.56. The molecular formula is C33H43F2N5O8. The summed E-state index contributed by atoms with van der Waals surface area (Å²) in [5, 5.41) is 18.1. The lowest BCUT2D eigenvalue weighted by Gasteiger charge is -2.34. The van der Waals surface area contributed by atoms with Gasteiger partial charge < -0.3 is 30.8 Å². The zero-order valence-corrected chi connectivity index (χ0v) is 27.7. The smallest absolute Gasteiger partial charge is 0.411 e. The highest BCUT2D eigenvalue weighted by Gasteiger charge is 2.40. The molecule has 1 saturated carbocycles. The molecule has 2 fully saturated rings. The number of Topliss-reactive ketones (excluding diaryl/α,β-unsaturated/α-hetero) is 1. The van der Waals surface area contributed by atoms with E-state index < -0.39 is 83.4 Å². The van der Waals surface area contributed by atoms with Crippen LogP contribution in [0.15, 0.2) is 18.2 Å². The first-order valence-electron chi connectivity index (χ1n) is 16.0. The van der Waals surface area contributed by atoms with E-state index >= 15 is 0 Å². The number of ether oxygens (including phenoxy) is 1. The average Bonchev–Trinajstić information content (AvgIpc) is 3.53. The first kappa shape index (κ1) is 36.3. The number of carboxylic acids is 1. The van der Waals surface area contributed by atoms with E-state index in [9.17, 15) is 42.7 Å². The molecule has 4 rings (SSSR count). The minimum atomic E-state index is -1.44. The zero-order valence-electron chi connectivity index (χ0n) is 27.7. The molecule has 15 heteroatoms. The molecule has 13 nitrogen and oxygen atoms in total. The number of carbonyl (C=O) groups is 6. The Hall–Kier alpha value is -4.56. The van der Waals surface area contributed by atoms with Crippen LogP contribution in [0.25, 0.3) is 10.9 Å². The minimum Gasteiger partial charge on any atom is -0.480 e. The van der Waals surface area contributed by atoms with Crippen molar-refractivity contribution in [2.24, 2.45) is 17.8 Å². The van der Waals surface area contributed by atoms with Gasteiger partial charge in [0.25, 0.3) is 5.91 Å². The highest BCUT2D eigenvalue weighted by Crippen LogP contribution is 2.34. The van der Waals surface area contributed by atoms with Crippen LogP contribution < -0.4 is 16.0 Å². The number of H-pyrrole nitrogens is 1. The van der Waals surface area contributed by atoms with Crippen LogP contribution in [0.1, 0.15) is 77.2 Å². The van der Waals surface area contributed by atoms with Crippen molar-refractivity contribution in [1.82, 2.24) is 25.8 Å². The van der Waals surface area contributed by atoms with Gasteiger partial charge in [-0.25, -0.2) is 18.4 Å². The van der Waals surface area contributed by atoms with Crippen LogP contribution in [0.5, 0.6) is 0 Å². The van der Waals surface area contributed by atoms with Crippen LogP contribution in [0.3, 0.4) is 0 Å². The number of ketones is 1. The van der Waals surface area contributed by atoms with Crippen molar-refractivity contribution < 1.29 is 47.4 Å². The molecule has 0 radical (unpaired) electrons. The molecule has 1 aromatic heterocycles. The Morgan fingerprint density at radius 3 is 2.27 bits per heavy atom. The third-order valence-electron chi connectivity index (χ3n) is 8.34. The number of nitrogens with one attached hydrogen (secondary N) is 4. The molecule has 4 atom stereocenters. The summed E-state index contributed by atoms with van der Waals surface area (Å²) in [6, 6.07) is -0.921. The molecule has 1 aliphatic heterocycles. The quantitative estimate of drug-likeness (QED) is 0.202. The summed E-state index contributed by atoms with van der Waals surface area (Å²) < 4.78 is 33.4. The molecule has 0 spiro atoms. The van der Waals surface area contributed by atoms with Crippen LogP contribution in [-0.4, -0.2) is 87.4 Å². The molecule has 48 heavy (non-hydrogen) atoms. The van der Waals surface area contributed by atoms with Gasteiger partial charge in [0.1, 0.15) is 35.0 Å². The van der Waals surface area contributed by atoms with Crippen LogP contribution >= 0.6 is 0 Å². The highest BCUT2D eigenvalue weighted by molar-refractivity contribution is 6.01. The number of aromatic nitrogens is 1. The summed E-state index contributed by atoms with van der Waals surface area (Å²) in [5.74, 6) is -6.76. The van der Waals surface area contributed by atoms with Crippen molar-refractivity contribution in [3.63, 3.8) is 0 Å². The van der Waals surface area contributed by atoms with E-state index in [1.165, 1.54) is 6.07 Å². The van der Waals surface area contributed by atoms with Crippen molar-refractivity contribution in [3.05, 3.63) is 35.5 Å². The number of hydrogen-bond donors (Lipinski definition) is 5. The summed E-state index contributed by atoms with van der Waals surface area (Å²) in [6.07, 6.45) is 1.08. The third-order valence-corrected chi connectivity index (χ3v) is 8.34. The predicted molar refractivity (Wildman–Crippen MR) is 169 cm³/mol. The van der Waals surface area contributed by atoms with Crippen molar-refractivity contribution in [2.45, 2.75) is 90.4 Å². The van der Waals surface area contributed by atoms with E-state index in [2.05, 4.69) is 20.9 Å². The summed E-state index contributed by atoms with van der Waals surface area (Å²) in [7, 11) is 0. The van der Waals surface area contributed by atoms with Gasteiger partial charge in [-0.3, -0.25) is 24.1 Å². The Bertz CT molecular complexity index is 1580. The van der Waals surface area contributed by atoms with Gasteiger partial charge in [0.05, 0.1) is 18.1 Å². The van der Waals surface area contributed by atoms with Crippen LogP contribution in [0, 0.1) is 29.4 Å². The van der Waals surface area contributed by atoms with Gasteiger partial charge in [0.2, 0.25) is 11.8 Å². The topological polar surface area (TPSA) is 187 Å². The number of carbonyl (C=O) groups excluding carboxylic acids is 5. The van der Waals surface area contributed by atoms with Gasteiger partial charge in [0, 0.05) is 23.9 Å². The number of fused-ring (bicyclic) bond motifs is 1. The number of nitrogens with zero attached hydrogens (tertiary/aromatic N) is 1. The van der Waals surface area contributed by atoms with E-state index in [1.807, 2.05) is 0 Å². The van der Waals surface area contributed by atoms with Crippen molar-refractivity contribution >= 4 is 46.5 Å². The molecule has 0 bridgehead atoms. The molecule has 1 aromatic carbocycles. The molecule has 5 N–H and O–H groups in total. The molecule has 4 amide bonds. The van der Waals surface area contributed by atoms with E-state index in [-0.39, 0.29) is 41.3 Å². The maximum atomic E-state index is 14.3. The SMILES string of the molecule is CC(C)[C@@H](C(=O)O)N(CC(=O)[C@H](C[C@@H]1CCNC1=O)NC(=O)[C@H](CC1CC1)NC(=O)c1cc2cc(F)cc(F)c2[nH]1)C(=O)OC(C)(C)C. The Morgan fingerprint density at radius 1 is 1.02 bits per heavy atom. The lowest BCUT2D eigenvalue weighted by molar-refractivity contribution is -0.145. The maximum Gasteiger partial charge on any atom is 0.411 e. The third kappa shape index (κ3) is 9.28. The normalized spacial score (nSPS) is 18.2. The monoisotopic (exact) mass is 675 g/mol. The van der Waals surface area contributed by atoms with E-state index in [0.29, 0.717) is 19.0 Å².